The Morgan fingerprint density at radius 3 is 3.36 bits per heavy atom. The molecule has 0 radical (unpaired) electrons. The van der Waals surface area contributed by atoms with Crippen molar-refractivity contribution in [1.82, 2.24) is 4.98 Å². The minimum atomic E-state index is 1.02. The van der Waals surface area contributed by atoms with Crippen LogP contribution in [0, 0.1) is 6.92 Å². The van der Waals surface area contributed by atoms with E-state index in [4.69, 9.17) is 0 Å². The molecule has 1 aromatic rings. The van der Waals surface area contributed by atoms with Crippen LogP contribution in [0.15, 0.2) is 24.5 Å². The quantitative estimate of drug-likeness (QED) is 0.604. The molecule has 2 rings (SSSR count). The zero-order valence-corrected chi connectivity index (χ0v) is 6.46. The number of aromatic nitrogens is 1. The van der Waals surface area contributed by atoms with Crippen LogP contribution in [-0.4, -0.2) is 4.98 Å². The summed E-state index contributed by atoms with van der Waals surface area (Å²) in [7, 11) is 0. The first-order valence-corrected chi connectivity index (χ1v) is 3.73. The molecule has 0 spiro atoms. The molecule has 0 aromatic carbocycles. The van der Waals surface area contributed by atoms with Gasteiger partial charge in [0, 0.05) is 5.69 Å². The second-order valence-corrected chi connectivity index (χ2v) is 2.73. The van der Waals surface area contributed by atoms with E-state index >= 15 is 0 Å². The van der Waals surface area contributed by atoms with Gasteiger partial charge in [-0.05, 0) is 31.2 Å². The van der Waals surface area contributed by atoms with Crippen LogP contribution in [0.3, 0.4) is 0 Å². The lowest BCUT2D eigenvalue weighted by molar-refractivity contribution is 1.13. The number of nitrogens with zero attached hydrogens (tertiary/aromatic N) is 1. The van der Waals surface area contributed by atoms with E-state index in [-0.39, 0.29) is 0 Å². The summed E-state index contributed by atoms with van der Waals surface area (Å²) in [5, 5.41) is 3.15. The van der Waals surface area contributed by atoms with Gasteiger partial charge in [-0.3, -0.25) is 4.98 Å². The Bertz CT molecular complexity index is 302. The molecule has 0 aliphatic carbocycles. The summed E-state index contributed by atoms with van der Waals surface area (Å²) in [6.07, 6.45) is 6.97. The Morgan fingerprint density at radius 1 is 1.55 bits per heavy atom. The number of hydrogen-bond donors (Lipinski definition) is 1. The summed E-state index contributed by atoms with van der Waals surface area (Å²) in [4.78, 5) is 4.20. The number of anilines is 1. The smallest absolute Gasteiger partial charge is 0.0602 e. The minimum absolute atomic E-state index is 1.02. The molecule has 0 atom stereocenters. The fraction of sp³-hybridized carbons (Fsp3) is 0.222. The van der Waals surface area contributed by atoms with Crippen LogP contribution >= 0.6 is 0 Å². The highest BCUT2D eigenvalue weighted by Gasteiger charge is 2.03. The van der Waals surface area contributed by atoms with Gasteiger partial charge in [-0.1, -0.05) is 6.08 Å². The van der Waals surface area contributed by atoms with E-state index in [0.717, 1.165) is 17.8 Å². The molecule has 56 valence electrons. The molecule has 0 saturated carbocycles. The van der Waals surface area contributed by atoms with Gasteiger partial charge in [-0.2, -0.15) is 0 Å². The maximum Gasteiger partial charge on any atom is 0.0602 e. The van der Waals surface area contributed by atoms with Gasteiger partial charge in [0.1, 0.15) is 0 Å². The zero-order chi connectivity index (χ0) is 7.68. The van der Waals surface area contributed by atoms with Crippen molar-refractivity contribution in [2.24, 2.45) is 0 Å². The highest BCUT2D eigenvalue weighted by Crippen LogP contribution is 2.19. The highest BCUT2D eigenvalue weighted by molar-refractivity contribution is 5.54. The third-order valence-electron chi connectivity index (χ3n) is 1.82. The third kappa shape index (κ3) is 1.11. The number of pyridine rings is 1. The Kier molecular flexibility index (Phi) is 1.39. The monoisotopic (exact) mass is 146 g/mol. The molecule has 0 fully saturated rings. The summed E-state index contributed by atoms with van der Waals surface area (Å²) in [6.45, 7) is 2.01. The first kappa shape index (κ1) is 6.40. The molecule has 0 bridgehead atoms. The summed E-state index contributed by atoms with van der Waals surface area (Å²) in [5.41, 5.74) is 3.55. The minimum Gasteiger partial charge on any atom is -0.361 e. The first-order chi connectivity index (χ1) is 5.36. The highest BCUT2D eigenvalue weighted by atomic mass is 14.9. The van der Waals surface area contributed by atoms with Crippen LogP contribution in [0.4, 0.5) is 5.69 Å². The molecule has 0 unspecified atom stereocenters. The van der Waals surface area contributed by atoms with Crippen molar-refractivity contribution in [2.45, 2.75) is 13.3 Å². The fourth-order valence-electron chi connectivity index (χ4n) is 1.25. The second-order valence-electron chi connectivity index (χ2n) is 2.73. The second kappa shape index (κ2) is 2.38. The predicted octanol–water partition coefficient (Wildman–Crippen LogP) is 1.87. The van der Waals surface area contributed by atoms with E-state index in [2.05, 4.69) is 22.4 Å². The SMILES string of the molecule is Cc1cc2c(cn1)NC=CC2. The van der Waals surface area contributed by atoms with Gasteiger partial charge in [0.05, 0.1) is 11.9 Å². The average molecular weight is 146 g/mol. The zero-order valence-electron chi connectivity index (χ0n) is 6.46. The Balaban J connectivity index is 2.48. The van der Waals surface area contributed by atoms with Crippen LogP contribution in [0.2, 0.25) is 0 Å². The lowest BCUT2D eigenvalue weighted by Gasteiger charge is -2.11. The van der Waals surface area contributed by atoms with Gasteiger partial charge in [-0.25, -0.2) is 0 Å². The molecule has 0 saturated heterocycles. The van der Waals surface area contributed by atoms with Crippen molar-refractivity contribution in [1.29, 1.82) is 0 Å². The van der Waals surface area contributed by atoms with Gasteiger partial charge in [0.2, 0.25) is 0 Å². The molecule has 1 aliphatic rings. The molecule has 11 heavy (non-hydrogen) atoms. The molecule has 2 nitrogen and oxygen atoms in total. The molecule has 1 aromatic heterocycles. The lowest BCUT2D eigenvalue weighted by Crippen LogP contribution is -2.00. The normalized spacial score (nSPS) is 13.9. The summed E-state index contributed by atoms with van der Waals surface area (Å²) >= 11 is 0. The molecular weight excluding hydrogens is 136 g/mol. The lowest BCUT2D eigenvalue weighted by atomic mass is 10.1. The average Bonchev–Trinajstić information content (AvgIpc) is 2.04. The maximum absolute atomic E-state index is 4.20. The fourth-order valence-corrected chi connectivity index (χ4v) is 1.25. The van der Waals surface area contributed by atoms with E-state index in [1.165, 1.54) is 5.56 Å². The topological polar surface area (TPSA) is 24.9 Å². The maximum atomic E-state index is 4.20. The predicted molar refractivity (Wildman–Crippen MR) is 45.4 cm³/mol. The van der Waals surface area contributed by atoms with Gasteiger partial charge in [-0.15, -0.1) is 0 Å². The number of rotatable bonds is 0. The Hall–Kier alpha value is -1.31. The third-order valence-corrected chi connectivity index (χ3v) is 1.82. The van der Waals surface area contributed by atoms with Crippen molar-refractivity contribution >= 4 is 5.69 Å². The molecule has 2 heteroatoms. The Morgan fingerprint density at radius 2 is 2.45 bits per heavy atom. The van der Waals surface area contributed by atoms with Gasteiger partial charge < -0.3 is 5.32 Å². The number of aryl methyl sites for hydroxylation is 1. The van der Waals surface area contributed by atoms with E-state index < -0.39 is 0 Å². The largest absolute Gasteiger partial charge is 0.361 e. The van der Waals surface area contributed by atoms with Crippen LogP contribution in [0.5, 0.6) is 0 Å². The molecule has 1 aliphatic heterocycles. The molecule has 0 amide bonds. The van der Waals surface area contributed by atoms with Crippen molar-refractivity contribution in [3.63, 3.8) is 0 Å². The van der Waals surface area contributed by atoms with Gasteiger partial charge in [0.15, 0.2) is 0 Å². The molecule has 1 N–H and O–H groups in total. The number of hydrogen-bond acceptors (Lipinski definition) is 2. The van der Waals surface area contributed by atoms with Crippen LogP contribution < -0.4 is 5.32 Å². The Labute approximate surface area is 66.0 Å². The van der Waals surface area contributed by atoms with E-state index in [1.54, 1.807) is 0 Å². The van der Waals surface area contributed by atoms with E-state index in [1.807, 2.05) is 19.3 Å². The summed E-state index contributed by atoms with van der Waals surface area (Å²) < 4.78 is 0. The molecular formula is C9H10N2. The summed E-state index contributed by atoms with van der Waals surface area (Å²) in [5.74, 6) is 0. The van der Waals surface area contributed by atoms with E-state index in [9.17, 15) is 0 Å². The van der Waals surface area contributed by atoms with Crippen LogP contribution in [-0.2, 0) is 6.42 Å². The number of nitrogens with one attached hydrogen (secondary N) is 1. The summed E-state index contributed by atoms with van der Waals surface area (Å²) in [6, 6.07) is 2.12. The van der Waals surface area contributed by atoms with Crippen molar-refractivity contribution in [2.75, 3.05) is 5.32 Å². The standard InChI is InChI=1S/C9H10N2/c1-7-5-8-3-2-4-10-9(8)6-11-7/h2,4-6,10H,3H2,1H3. The first-order valence-electron chi connectivity index (χ1n) is 3.73. The molecule has 2 heterocycles. The number of fused-ring (bicyclic) bond motifs is 1. The van der Waals surface area contributed by atoms with Crippen molar-refractivity contribution < 1.29 is 0 Å². The van der Waals surface area contributed by atoms with E-state index in [0.29, 0.717) is 0 Å². The number of allylic oxidation sites excluding steroid dienone is 1. The van der Waals surface area contributed by atoms with Crippen LogP contribution in [0.25, 0.3) is 0 Å². The van der Waals surface area contributed by atoms with Crippen LogP contribution in [0.1, 0.15) is 11.3 Å². The van der Waals surface area contributed by atoms with Crippen molar-refractivity contribution in [3.8, 4) is 0 Å². The van der Waals surface area contributed by atoms with Gasteiger partial charge in [0.25, 0.3) is 0 Å². The van der Waals surface area contributed by atoms with Gasteiger partial charge >= 0.3 is 0 Å². The van der Waals surface area contributed by atoms with Crippen molar-refractivity contribution in [3.05, 3.63) is 35.8 Å².